The fraction of sp³-hybridized carbons (Fsp3) is 0.963. The standard InChI is InChI=1S/C27H52O5.Na/c1-3-5-7-9-10-11-12-13-14-18-23(28)22-25(32-26-20-16-17-21-31-26)24(27(29)30)19-15-8-6-4-2;/h23-26,28H,3-22H2,1-2H3,(H,29,30);/q;+1/p-1. The molecule has 1 N–H and O–H groups in total. The van der Waals surface area contributed by atoms with Crippen LogP contribution >= 0.6 is 0 Å². The van der Waals surface area contributed by atoms with Crippen LogP contribution in [0.15, 0.2) is 0 Å². The van der Waals surface area contributed by atoms with Crippen LogP contribution in [0.1, 0.15) is 136 Å². The van der Waals surface area contributed by atoms with Gasteiger partial charge in [-0.25, -0.2) is 0 Å². The quantitative estimate of drug-likeness (QED) is 0.203. The Morgan fingerprint density at radius 2 is 1.45 bits per heavy atom. The molecule has 1 rings (SSSR count). The summed E-state index contributed by atoms with van der Waals surface area (Å²) in [5.74, 6) is -1.74. The largest absolute Gasteiger partial charge is 1.00 e. The van der Waals surface area contributed by atoms with Crippen LogP contribution in [-0.4, -0.2) is 36.2 Å². The number of aliphatic hydroxyl groups excluding tert-OH is 1. The van der Waals surface area contributed by atoms with E-state index in [4.69, 9.17) is 9.47 Å². The van der Waals surface area contributed by atoms with Crippen LogP contribution < -0.4 is 34.7 Å². The van der Waals surface area contributed by atoms with E-state index in [1.165, 1.54) is 44.9 Å². The summed E-state index contributed by atoms with van der Waals surface area (Å²) in [4.78, 5) is 11.9. The summed E-state index contributed by atoms with van der Waals surface area (Å²) in [6, 6.07) is 0. The van der Waals surface area contributed by atoms with Crippen molar-refractivity contribution in [2.75, 3.05) is 6.61 Å². The van der Waals surface area contributed by atoms with Gasteiger partial charge in [0.2, 0.25) is 0 Å². The van der Waals surface area contributed by atoms with Gasteiger partial charge in [-0.1, -0.05) is 97.3 Å². The predicted molar refractivity (Wildman–Crippen MR) is 128 cm³/mol. The fourth-order valence-electron chi connectivity index (χ4n) is 4.65. The van der Waals surface area contributed by atoms with Crippen LogP contribution in [0.2, 0.25) is 0 Å². The SMILES string of the molecule is CCCCCCCCCCCC(O)CC(OC1CCCCO1)C(CCCCCC)C(=O)[O-].[Na+]. The van der Waals surface area contributed by atoms with Gasteiger partial charge in [-0.2, -0.15) is 0 Å². The van der Waals surface area contributed by atoms with Crippen molar-refractivity contribution in [2.45, 2.75) is 154 Å². The molecule has 0 aliphatic carbocycles. The Morgan fingerprint density at radius 3 is 2.00 bits per heavy atom. The fourth-order valence-corrected chi connectivity index (χ4v) is 4.65. The smallest absolute Gasteiger partial charge is 0.550 e. The molecule has 5 nitrogen and oxygen atoms in total. The van der Waals surface area contributed by atoms with Gasteiger partial charge in [0, 0.05) is 24.9 Å². The summed E-state index contributed by atoms with van der Waals surface area (Å²) in [7, 11) is 0. The second-order valence-corrected chi connectivity index (χ2v) is 9.75. The molecule has 4 unspecified atom stereocenters. The normalized spacial score (nSPS) is 18.9. The molecule has 0 amide bonds. The summed E-state index contributed by atoms with van der Waals surface area (Å²) in [5, 5.41) is 22.6. The maximum atomic E-state index is 11.9. The Kier molecular flexibility index (Phi) is 23.0. The van der Waals surface area contributed by atoms with Crippen LogP contribution in [0.25, 0.3) is 0 Å². The molecule has 1 aliphatic rings. The zero-order chi connectivity index (χ0) is 23.4. The third-order valence-corrected chi connectivity index (χ3v) is 6.73. The molecule has 1 aliphatic heterocycles. The van der Waals surface area contributed by atoms with Gasteiger partial charge in [0.05, 0.1) is 12.2 Å². The minimum absolute atomic E-state index is 0. The van der Waals surface area contributed by atoms with E-state index in [1.54, 1.807) is 0 Å². The molecule has 0 aromatic carbocycles. The first-order chi connectivity index (χ1) is 15.6. The molecule has 33 heavy (non-hydrogen) atoms. The van der Waals surface area contributed by atoms with Crippen molar-refractivity contribution in [2.24, 2.45) is 5.92 Å². The molecular weight excluding hydrogens is 427 g/mol. The third-order valence-electron chi connectivity index (χ3n) is 6.73. The number of rotatable bonds is 21. The van der Waals surface area contributed by atoms with Gasteiger partial charge in [0.15, 0.2) is 6.29 Å². The van der Waals surface area contributed by atoms with Crippen LogP contribution in [0.3, 0.4) is 0 Å². The number of hydrogen-bond acceptors (Lipinski definition) is 5. The average Bonchev–Trinajstić information content (AvgIpc) is 2.78. The van der Waals surface area contributed by atoms with Crippen molar-refractivity contribution in [3.8, 4) is 0 Å². The first-order valence-electron chi connectivity index (χ1n) is 13.7. The minimum atomic E-state index is -1.06. The summed E-state index contributed by atoms with van der Waals surface area (Å²) in [5.41, 5.74) is 0. The van der Waals surface area contributed by atoms with Crippen molar-refractivity contribution < 1.29 is 54.0 Å². The molecule has 0 radical (unpaired) electrons. The van der Waals surface area contributed by atoms with E-state index in [-0.39, 0.29) is 35.8 Å². The van der Waals surface area contributed by atoms with Crippen LogP contribution in [0.4, 0.5) is 0 Å². The van der Waals surface area contributed by atoms with Crippen molar-refractivity contribution in [1.82, 2.24) is 0 Å². The van der Waals surface area contributed by atoms with E-state index in [9.17, 15) is 15.0 Å². The second kappa shape index (κ2) is 22.8. The van der Waals surface area contributed by atoms with Gasteiger partial charge in [-0.05, 0) is 32.1 Å². The van der Waals surface area contributed by atoms with Gasteiger partial charge in [-0.3, -0.25) is 0 Å². The first-order valence-corrected chi connectivity index (χ1v) is 13.7. The Labute approximate surface area is 226 Å². The zero-order valence-corrected chi connectivity index (χ0v) is 24.0. The molecular formula is C27H51NaO5. The summed E-state index contributed by atoms with van der Waals surface area (Å²) in [6.45, 7) is 5.04. The summed E-state index contributed by atoms with van der Waals surface area (Å²) >= 11 is 0. The minimum Gasteiger partial charge on any atom is -0.550 e. The molecule has 0 aromatic heterocycles. The number of carboxylic acid groups (broad SMARTS) is 1. The number of carboxylic acids is 1. The number of hydrogen-bond donors (Lipinski definition) is 1. The molecule has 0 bridgehead atoms. The summed E-state index contributed by atoms with van der Waals surface area (Å²) in [6.07, 6.45) is 18.3. The van der Waals surface area contributed by atoms with E-state index in [0.717, 1.165) is 57.8 Å². The number of aliphatic carboxylic acids is 1. The van der Waals surface area contributed by atoms with Crippen LogP contribution in [0.5, 0.6) is 0 Å². The van der Waals surface area contributed by atoms with E-state index in [2.05, 4.69) is 13.8 Å². The van der Waals surface area contributed by atoms with E-state index < -0.39 is 24.1 Å². The monoisotopic (exact) mass is 478 g/mol. The number of carbonyl (C=O) groups is 1. The van der Waals surface area contributed by atoms with Crippen molar-refractivity contribution in [3.05, 3.63) is 0 Å². The van der Waals surface area contributed by atoms with E-state index in [1.807, 2.05) is 0 Å². The summed E-state index contributed by atoms with van der Waals surface area (Å²) < 4.78 is 11.8. The first kappa shape index (κ1) is 33.4. The van der Waals surface area contributed by atoms with Crippen LogP contribution in [-0.2, 0) is 14.3 Å². The van der Waals surface area contributed by atoms with Gasteiger partial charge in [-0.15, -0.1) is 0 Å². The Balaban J connectivity index is 0.0000102. The molecule has 0 aromatic rings. The van der Waals surface area contributed by atoms with Gasteiger partial charge >= 0.3 is 29.6 Å². The third kappa shape index (κ3) is 17.4. The molecule has 1 heterocycles. The van der Waals surface area contributed by atoms with Crippen molar-refractivity contribution >= 4 is 5.97 Å². The maximum absolute atomic E-state index is 11.9. The zero-order valence-electron chi connectivity index (χ0n) is 22.0. The van der Waals surface area contributed by atoms with Crippen molar-refractivity contribution in [1.29, 1.82) is 0 Å². The molecule has 0 saturated carbocycles. The number of ether oxygens (including phenoxy) is 2. The Morgan fingerprint density at radius 1 is 0.909 bits per heavy atom. The molecule has 190 valence electrons. The molecule has 4 atom stereocenters. The van der Waals surface area contributed by atoms with Gasteiger partial charge in [0.25, 0.3) is 0 Å². The van der Waals surface area contributed by atoms with Gasteiger partial charge < -0.3 is 24.5 Å². The topological polar surface area (TPSA) is 78.8 Å². The molecule has 1 fully saturated rings. The second-order valence-electron chi connectivity index (χ2n) is 9.75. The van der Waals surface area contributed by atoms with E-state index >= 15 is 0 Å². The van der Waals surface area contributed by atoms with Crippen molar-refractivity contribution in [3.63, 3.8) is 0 Å². The Hall–Kier alpha value is 0.350. The molecule has 0 spiro atoms. The van der Waals surface area contributed by atoms with Crippen LogP contribution in [0, 0.1) is 5.92 Å². The molecule has 6 heteroatoms. The number of carbonyl (C=O) groups excluding carboxylic acids is 1. The number of aliphatic hydroxyl groups is 1. The number of unbranched alkanes of at least 4 members (excludes halogenated alkanes) is 11. The average molecular weight is 479 g/mol. The van der Waals surface area contributed by atoms with E-state index in [0.29, 0.717) is 25.9 Å². The predicted octanol–water partition coefficient (Wildman–Crippen LogP) is 2.91. The van der Waals surface area contributed by atoms with Gasteiger partial charge in [0.1, 0.15) is 0 Å². The Bertz CT molecular complexity index is 442. The maximum Gasteiger partial charge on any atom is 1.00 e. The molecule has 1 saturated heterocycles.